The minimum atomic E-state index is -1.84. The first-order chi connectivity index (χ1) is 17.0. The number of alkyl halides is 1. The van der Waals surface area contributed by atoms with Crippen LogP contribution in [-0.4, -0.2) is 42.4 Å². The lowest BCUT2D eigenvalue weighted by molar-refractivity contribution is -0.151. The SMILES string of the molecule is C=CCOC(=O)c1cc2cc([C@@H](F)P(Oc3ccccc3)N3CC[C@H]3C(=O)OCCC)ccc2s1. The number of nitrogens with zero attached hydrogens (tertiary/aromatic N) is 1. The molecule has 0 amide bonds. The molecule has 0 radical (unpaired) electrons. The zero-order valence-electron chi connectivity index (χ0n) is 19.4. The molecule has 2 aromatic carbocycles. The summed E-state index contributed by atoms with van der Waals surface area (Å²) in [6.07, 6.45) is 2.84. The van der Waals surface area contributed by atoms with Crippen LogP contribution in [0.1, 0.15) is 40.9 Å². The van der Waals surface area contributed by atoms with Crippen molar-refractivity contribution in [2.24, 2.45) is 0 Å². The van der Waals surface area contributed by atoms with E-state index in [-0.39, 0.29) is 12.6 Å². The predicted octanol–water partition coefficient (Wildman–Crippen LogP) is 6.63. The monoisotopic (exact) mass is 515 g/mol. The fourth-order valence-electron chi connectivity index (χ4n) is 3.61. The number of ether oxygens (including phenoxy) is 2. The first-order valence-electron chi connectivity index (χ1n) is 11.4. The topological polar surface area (TPSA) is 65.1 Å². The molecule has 1 unspecified atom stereocenters. The van der Waals surface area contributed by atoms with Crippen molar-refractivity contribution in [2.75, 3.05) is 19.8 Å². The van der Waals surface area contributed by atoms with Crippen molar-refractivity contribution in [1.82, 2.24) is 4.67 Å². The van der Waals surface area contributed by atoms with E-state index in [2.05, 4.69) is 6.58 Å². The number of hydrogen-bond donors (Lipinski definition) is 0. The minimum absolute atomic E-state index is 0.129. The van der Waals surface area contributed by atoms with Crippen molar-refractivity contribution < 1.29 is 28.0 Å². The summed E-state index contributed by atoms with van der Waals surface area (Å²) in [7, 11) is -1.84. The second-order valence-corrected chi connectivity index (χ2v) is 10.8. The molecule has 0 N–H and O–H groups in total. The summed E-state index contributed by atoms with van der Waals surface area (Å²) in [5.74, 6) is -1.72. The Morgan fingerprint density at radius 1 is 1.23 bits per heavy atom. The van der Waals surface area contributed by atoms with Gasteiger partial charge in [-0.2, -0.15) is 0 Å². The highest BCUT2D eigenvalue weighted by Crippen LogP contribution is 2.59. The Balaban J connectivity index is 1.59. The van der Waals surface area contributed by atoms with Crippen LogP contribution >= 0.6 is 19.6 Å². The second kappa shape index (κ2) is 11.8. The molecule has 6 nitrogen and oxygen atoms in total. The van der Waals surface area contributed by atoms with Crippen LogP contribution in [0.25, 0.3) is 10.1 Å². The lowest BCUT2D eigenvalue weighted by Crippen LogP contribution is -2.50. The van der Waals surface area contributed by atoms with Crippen LogP contribution in [0, 0.1) is 0 Å². The van der Waals surface area contributed by atoms with E-state index in [1.807, 2.05) is 25.1 Å². The first kappa shape index (κ1) is 25.3. The van der Waals surface area contributed by atoms with Crippen LogP contribution in [0.15, 0.2) is 67.3 Å². The van der Waals surface area contributed by atoms with Crippen LogP contribution in [0.4, 0.5) is 4.39 Å². The average Bonchev–Trinajstić information content (AvgIpc) is 3.28. The summed E-state index contributed by atoms with van der Waals surface area (Å²) in [5.41, 5.74) is 0.427. The third-order valence-corrected chi connectivity index (χ3v) is 8.62. The smallest absolute Gasteiger partial charge is 0.348 e. The molecular formula is C26H27FNO5PS. The Bertz CT molecular complexity index is 1190. The Morgan fingerprint density at radius 2 is 2.03 bits per heavy atom. The third-order valence-electron chi connectivity index (χ3n) is 5.45. The Labute approximate surface area is 209 Å². The molecule has 1 aliphatic heterocycles. The van der Waals surface area contributed by atoms with E-state index < -0.39 is 26.2 Å². The molecule has 3 atom stereocenters. The number of thiophene rings is 1. The lowest BCUT2D eigenvalue weighted by Gasteiger charge is -2.43. The van der Waals surface area contributed by atoms with Gasteiger partial charge in [-0.3, -0.25) is 4.79 Å². The molecule has 1 aromatic heterocycles. The Morgan fingerprint density at radius 3 is 2.71 bits per heavy atom. The van der Waals surface area contributed by atoms with Gasteiger partial charge in [-0.1, -0.05) is 43.8 Å². The highest BCUT2D eigenvalue weighted by molar-refractivity contribution is 7.50. The highest BCUT2D eigenvalue weighted by Gasteiger charge is 2.45. The molecular weight excluding hydrogens is 488 g/mol. The molecule has 3 aromatic rings. The van der Waals surface area contributed by atoms with Gasteiger partial charge >= 0.3 is 11.9 Å². The molecule has 1 fully saturated rings. The Hall–Kier alpha value is -2.80. The van der Waals surface area contributed by atoms with Crippen molar-refractivity contribution in [2.45, 2.75) is 31.7 Å². The molecule has 0 bridgehead atoms. The summed E-state index contributed by atoms with van der Waals surface area (Å²) < 4.78 is 35.3. The van der Waals surface area contributed by atoms with E-state index in [0.29, 0.717) is 35.8 Å². The van der Waals surface area contributed by atoms with Gasteiger partial charge in [-0.25, -0.2) is 13.9 Å². The molecule has 9 heteroatoms. The molecule has 0 aliphatic carbocycles. The quantitative estimate of drug-likeness (QED) is 0.162. The molecule has 4 rings (SSSR count). The van der Waals surface area contributed by atoms with E-state index in [1.165, 1.54) is 17.4 Å². The zero-order chi connectivity index (χ0) is 24.8. The minimum Gasteiger partial charge on any atom is -0.465 e. The van der Waals surface area contributed by atoms with Crippen LogP contribution in [0.5, 0.6) is 5.75 Å². The van der Waals surface area contributed by atoms with Crippen LogP contribution < -0.4 is 4.52 Å². The molecule has 35 heavy (non-hydrogen) atoms. The summed E-state index contributed by atoms with van der Waals surface area (Å²) in [6.45, 7) is 6.49. The Kier molecular flexibility index (Phi) is 8.50. The summed E-state index contributed by atoms with van der Waals surface area (Å²) in [5, 5.41) is 0.748. The number of hydrogen-bond acceptors (Lipinski definition) is 7. The van der Waals surface area contributed by atoms with E-state index in [9.17, 15) is 9.59 Å². The summed E-state index contributed by atoms with van der Waals surface area (Å²) in [4.78, 5) is 25.2. The zero-order valence-corrected chi connectivity index (χ0v) is 21.1. The van der Waals surface area contributed by atoms with Gasteiger partial charge in [0.15, 0.2) is 5.91 Å². The van der Waals surface area contributed by atoms with Crippen LogP contribution in [0.3, 0.4) is 0 Å². The molecule has 2 heterocycles. The molecule has 1 aliphatic rings. The van der Waals surface area contributed by atoms with Gasteiger partial charge in [0.05, 0.1) is 6.61 Å². The lowest BCUT2D eigenvalue weighted by atomic mass is 10.1. The normalized spacial score (nSPS) is 17.3. The van der Waals surface area contributed by atoms with Crippen LogP contribution in [-0.2, 0) is 14.3 Å². The molecule has 1 saturated heterocycles. The van der Waals surface area contributed by atoms with E-state index >= 15 is 4.39 Å². The number of halogens is 1. The number of benzene rings is 2. The number of para-hydroxylation sites is 1. The van der Waals surface area contributed by atoms with Crippen molar-refractivity contribution in [3.63, 3.8) is 0 Å². The van der Waals surface area contributed by atoms with Crippen LogP contribution in [0.2, 0.25) is 0 Å². The number of carbonyl (C=O) groups excluding carboxylic acids is 2. The summed E-state index contributed by atoms with van der Waals surface area (Å²) in [6, 6.07) is 15.5. The van der Waals surface area contributed by atoms with Gasteiger partial charge < -0.3 is 14.0 Å². The van der Waals surface area contributed by atoms with Gasteiger partial charge in [-0.15, -0.1) is 11.3 Å². The van der Waals surface area contributed by atoms with E-state index in [1.54, 1.807) is 41.1 Å². The van der Waals surface area contributed by atoms with Crippen molar-refractivity contribution in [1.29, 1.82) is 0 Å². The second-order valence-electron chi connectivity index (χ2n) is 7.97. The first-order valence-corrected chi connectivity index (χ1v) is 13.5. The standard InChI is InChI=1S/C26H27FNO5PS/c1-3-14-31-25(29)21-12-13-28(21)34(33-20-8-6-5-7-9-20)24(27)18-10-11-22-19(16-18)17-23(35-22)26(30)32-15-4-2/h4-11,16-17,21,24H,2-3,12-15H2,1H3/t21-,24-,34?/m0/s1. The van der Waals surface area contributed by atoms with Crippen molar-refractivity contribution in [3.8, 4) is 5.75 Å². The molecule has 0 spiro atoms. The van der Waals surface area contributed by atoms with E-state index in [0.717, 1.165) is 16.5 Å². The van der Waals surface area contributed by atoms with Gasteiger partial charge in [0.25, 0.3) is 0 Å². The van der Waals surface area contributed by atoms with Crippen molar-refractivity contribution in [3.05, 3.63) is 77.7 Å². The summed E-state index contributed by atoms with van der Waals surface area (Å²) >= 11 is 1.29. The predicted molar refractivity (Wildman–Crippen MR) is 137 cm³/mol. The molecule has 184 valence electrons. The highest BCUT2D eigenvalue weighted by atomic mass is 32.1. The maximum absolute atomic E-state index is 16.1. The average molecular weight is 516 g/mol. The maximum atomic E-state index is 16.1. The van der Waals surface area contributed by atoms with Gasteiger partial charge in [-0.05, 0) is 54.1 Å². The van der Waals surface area contributed by atoms with Gasteiger partial charge in [0, 0.05) is 11.2 Å². The maximum Gasteiger partial charge on any atom is 0.348 e. The fraction of sp³-hybridized carbons (Fsp3) is 0.308. The van der Waals surface area contributed by atoms with Gasteiger partial charge in [0.2, 0.25) is 8.30 Å². The van der Waals surface area contributed by atoms with E-state index in [4.69, 9.17) is 14.0 Å². The third kappa shape index (κ3) is 5.89. The van der Waals surface area contributed by atoms with Gasteiger partial charge in [0.1, 0.15) is 23.3 Å². The van der Waals surface area contributed by atoms with Crippen molar-refractivity contribution >= 4 is 41.7 Å². The number of carbonyl (C=O) groups is 2. The number of fused-ring (bicyclic) bond motifs is 1. The fourth-order valence-corrected chi connectivity index (χ4v) is 6.56. The number of rotatable bonds is 11. The molecule has 0 saturated carbocycles. The largest absolute Gasteiger partial charge is 0.465 e. The number of esters is 2.